The summed E-state index contributed by atoms with van der Waals surface area (Å²) in [5.41, 5.74) is 7.67. The molecule has 116 valence electrons. The zero-order valence-corrected chi connectivity index (χ0v) is 12.6. The van der Waals surface area contributed by atoms with E-state index >= 15 is 0 Å². The van der Waals surface area contributed by atoms with Crippen molar-refractivity contribution in [3.05, 3.63) is 46.9 Å². The minimum absolute atomic E-state index is 0.221. The molecule has 4 atom stereocenters. The van der Waals surface area contributed by atoms with E-state index < -0.39 is 0 Å². The number of nitrogens with two attached hydrogens (primary N) is 1. The minimum Gasteiger partial charge on any atom is -0.339 e. The van der Waals surface area contributed by atoms with Crippen molar-refractivity contribution in [2.24, 2.45) is 17.6 Å². The molecule has 2 saturated carbocycles. The first-order chi connectivity index (χ1) is 10.6. The zero-order valence-electron chi connectivity index (χ0n) is 12.6. The Morgan fingerprint density at radius 2 is 2.18 bits per heavy atom. The molecule has 1 aromatic heterocycles. The molecule has 4 rings (SSSR count). The Morgan fingerprint density at radius 1 is 1.32 bits per heavy atom. The highest BCUT2D eigenvalue weighted by Crippen LogP contribution is 2.51. The molecule has 1 heterocycles. The van der Waals surface area contributed by atoms with E-state index in [-0.39, 0.29) is 5.82 Å². The molecule has 2 aromatic rings. The van der Waals surface area contributed by atoms with E-state index in [9.17, 15) is 4.39 Å². The fourth-order valence-electron chi connectivity index (χ4n) is 4.00. The number of hydrogen-bond donors (Lipinski definition) is 1. The standard InChI is InChI=1S/C17H20FN3O/c1-9-2-3-14(18)11(4-9)8-16-20-17(22-21-16)12-5-10-7-15(19)13(10)6-12/h2-4,10,12-13,15H,5-8,19H2,1H3/t10-,12?,13-,15+/m1/s1. The second kappa shape index (κ2) is 5.16. The van der Waals surface area contributed by atoms with Crippen LogP contribution in [0.3, 0.4) is 0 Å². The summed E-state index contributed by atoms with van der Waals surface area (Å²) in [7, 11) is 0. The van der Waals surface area contributed by atoms with Crippen LogP contribution in [0, 0.1) is 24.6 Å². The molecule has 0 aliphatic heterocycles. The van der Waals surface area contributed by atoms with E-state index in [1.165, 1.54) is 6.07 Å². The smallest absolute Gasteiger partial charge is 0.229 e. The molecule has 0 bridgehead atoms. The van der Waals surface area contributed by atoms with Crippen molar-refractivity contribution in [1.82, 2.24) is 10.1 Å². The topological polar surface area (TPSA) is 64.9 Å². The van der Waals surface area contributed by atoms with E-state index in [0.29, 0.717) is 41.6 Å². The lowest BCUT2D eigenvalue weighted by Crippen LogP contribution is -2.44. The second-order valence-corrected chi connectivity index (χ2v) is 6.81. The third-order valence-electron chi connectivity index (χ3n) is 5.26. The molecule has 2 N–H and O–H groups in total. The molecule has 1 aromatic carbocycles. The van der Waals surface area contributed by atoms with Gasteiger partial charge in [0.15, 0.2) is 5.82 Å². The van der Waals surface area contributed by atoms with Crippen molar-refractivity contribution >= 4 is 0 Å². The van der Waals surface area contributed by atoms with Gasteiger partial charge < -0.3 is 10.3 Å². The monoisotopic (exact) mass is 301 g/mol. The summed E-state index contributed by atoms with van der Waals surface area (Å²) in [6.07, 6.45) is 3.64. The van der Waals surface area contributed by atoms with Gasteiger partial charge in [-0.25, -0.2) is 4.39 Å². The summed E-state index contributed by atoms with van der Waals surface area (Å²) in [6, 6.07) is 5.43. The van der Waals surface area contributed by atoms with Gasteiger partial charge in [-0.2, -0.15) is 4.98 Å². The highest BCUT2D eigenvalue weighted by atomic mass is 19.1. The van der Waals surface area contributed by atoms with Gasteiger partial charge in [0.05, 0.1) is 0 Å². The van der Waals surface area contributed by atoms with Crippen molar-refractivity contribution in [2.45, 2.75) is 44.6 Å². The van der Waals surface area contributed by atoms with Crippen molar-refractivity contribution in [3.63, 3.8) is 0 Å². The first kappa shape index (κ1) is 13.9. The van der Waals surface area contributed by atoms with Crippen molar-refractivity contribution < 1.29 is 8.91 Å². The van der Waals surface area contributed by atoms with Crippen LogP contribution in [0.1, 0.15) is 48.0 Å². The number of aromatic nitrogens is 2. The highest BCUT2D eigenvalue weighted by molar-refractivity contribution is 5.26. The zero-order chi connectivity index (χ0) is 15.3. The molecule has 5 heteroatoms. The molecule has 1 unspecified atom stereocenters. The average molecular weight is 301 g/mol. The summed E-state index contributed by atoms with van der Waals surface area (Å²) >= 11 is 0. The number of aryl methyl sites for hydroxylation is 1. The highest BCUT2D eigenvalue weighted by Gasteiger charge is 2.47. The van der Waals surface area contributed by atoms with Crippen LogP contribution in [0.25, 0.3) is 0 Å². The van der Waals surface area contributed by atoms with Crippen LogP contribution in [0.15, 0.2) is 22.7 Å². The predicted molar refractivity (Wildman–Crippen MR) is 79.8 cm³/mol. The number of halogens is 1. The summed E-state index contributed by atoms with van der Waals surface area (Å²) in [5.74, 6) is 2.71. The van der Waals surface area contributed by atoms with Gasteiger partial charge in [0.2, 0.25) is 5.89 Å². The Hall–Kier alpha value is -1.75. The number of benzene rings is 1. The van der Waals surface area contributed by atoms with Gasteiger partial charge in [-0.15, -0.1) is 0 Å². The van der Waals surface area contributed by atoms with Gasteiger partial charge in [0.25, 0.3) is 0 Å². The molecule has 2 aliphatic carbocycles. The Morgan fingerprint density at radius 3 is 2.95 bits per heavy atom. The van der Waals surface area contributed by atoms with Gasteiger partial charge in [0, 0.05) is 18.4 Å². The fourth-order valence-corrected chi connectivity index (χ4v) is 4.00. The van der Waals surface area contributed by atoms with E-state index in [1.807, 2.05) is 13.0 Å². The number of fused-ring (bicyclic) bond motifs is 1. The summed E-state index contributed by atoms with van der Waals surface area (Å²) in [5, 5.41) is 4.03. The maximum Gasteiger partial charge on any atom is 0.229 e. The molecule has 2 aliphatic rings. The maximum atomic E-state index is 13.8. The summed E-state index contributed by atoms with van der Waals surface area (Å²) in [6.45, 7) is 1.95. The molecular formula is C17H20FN3O. The van der Waals surface area contributed by atoms with Gasteiger partial charge >= 0.3 is 0 Å². The quantitative estimate of drug-likeness (QED) is 0.946. The Kier molecular flexibility index (Phi) is 3.26. The first-order valence-corrected chi connectivity index (χ1v) is 7.93. The van der Waals surface area contributed by atoms with E-state index in [0.717, 1.165) is 30.7 Å². The van der Waals surface area contributed by atoms with Crippen molar-refractivity contribution in [3.8, 4) is 0 Å². The van der Waals surface area contributed by atoms with Crippen LogP contribution in [-0.4, -0.2) is 16.2 Å². The number of hydrogen-bond acceptors (Lipinski definition) is 4. The van der Waals surface area contributed by atoms with Crippen LogP contribution < -0.4 is 5.73 Å². The first-order valence-electron chi connectivity index (χ1n) is 7.93. The SMILES string of the molecule is Cc1ccc(F)c(Cc2noc(C3C[C@@H]4C[C@H](N)[C@@H]4C3)n2)c1. The Balaban J connectivity index is 1.49. The van der Waals surface area contributed by atoms with E-state index in [1.54, 1.807) is 6.07 Å². The Labute approximate surface area is 128 Å². The van der Waals surface area contributed by atoms with E-state index in [4.69, 9.17) is 10.3 Å². The summed E-state index contributed by atoms with van der Waals surface area (Å²) in [4.78, 5) is 4.49. The third kappa shape index (κ3) is 2.33. The van der Waals surface area contributed by atoms with E-state index in [2.05, 4.69) is 10.1 Å². The molecule has 22 heavy (non-hydrogen) atoms. The van der Waals surface area contributed by atoms with Gasteiger partial charge in [-0.3, -0.25) is 0 Å². The normalized spacial score (nSPS) is 30.1. The number of nitrogens with zero attached hydrogens (tertiary/aromatic N) is 2. The molecular weight excluding hydrogens is 281 g/mol. The van der Waals surface area contributed by atoms with Crippen LogP contribution in [0.2, 0.25) is 0 Å². The second-order valence-electron chi connectivity index (χ2n) is 6.81. The van der Waals surface area contributed by atoms with Crippen LogP contribution in [0.4, 0.5) is 4.39 Å². The largest absolute Gasteiger partial charge is 0.339 e. The van der Waals surface area contributed by atoms with Gasteiger partial charge in [-0.1, -0.05) is 22.9 Å². The van der Waals surface area contributed by atoms with Crippen molar-refractivity contribution in [1.29, 1.82) is 0 Å². The molecule has 0 amide bonds. The minimum atomic E-state index is -0.221. The molecule has 2 fully saturated rings. The lowest BCUT2D eigenvalue weighted by atomic mass is 9.72. The van der Waals surface area contributed by atoms with Crippen LogP contribution in [-0.2, 0) is 6.42 Å². The lowest BCUT2D eigenvalue weighted by molar-refractivity contribution is 0.173. The molecule has 0 radical (unpaired) electrons. The predicted octanol–water partition coefficient (Wildman–Crippen LogP) is 2.95. The Bertz CT molecular complexity index is 699. The summed E-state index contributed by atoms with van der Waals surface area (Å²) < 4.78 is 19.2. The molecule has 4 nitrogen and oxygen atoms in total. The van der Waals surface area contributed by atoms with Gasteiger partial charge in [0.1, 0.15) is 5.82 Å². The molecule has 0 spiro atoms. The third-order valence-corrected chi connectivity index (χ3v) is 5.26. The molecule has 0 saturated heterocycles. The number of rotatable bonds is 3. The lowest BCUT2D eigenvalue weighted by Gasteiger charge is -2.37. The van der Waals surface area contributed by atoms with Gasteiger partial charge in [-0.05, 0) is 49.7 Å². The van der Waals surface area contributed by atoms with Crippen molar-refractivity contribution in [2.75, 3.05) is 0 Å². The van der Waals surface area contributed by atoms with Crippen LogP contribution in [0.5, 0.6) is 0 Å². The maximum absolute atomic E-state index is 13.8. The average Bonchev–Trinajstić information content (AvgIpc) is 3.07. The van der Waals surface area contributed by atoms with Crippen LogP contribution >= 0.6 is 0 Å². The fraction of sp³-hybridized carbons (Fsp3) is 0.529.